The van der Waals surface area contributed by atoms with Crippen molar-refractivity contribution in [3.63, 3.8) is 0 Å². The fraction of sp³-hybridized carbons (Fsp3) is 0. The molecular weight excluding hydrogens is 172 g/mol. The summed E-state index contributed by atoms with van der Waals surface area (Å²) in [6, 6.07) is 0. The molecule has 0 aliphatic rings. The average Bonchev–Trinajstić information content (AvgIpc) is 1.77. The van der Waals surface area contributed by atoms with Gasteiger partial charge in [0.15, 0.2) is 10.5 Å². The van der Waals surface area contributed by atoms with Crippen LogP contribution in [0.4, 0.5) is 0 Å². The molecule has 42 valence electrons. The Balaban J connectivity index is 3.03. The molecule has 4 heteroatoms. The van der Waals surface area contributed by atoms with E-state index < -0.39 is 0 Å². The fourth-order valence-corrected chi connectivity index (χ4v) is 0.510. The lowest BCUT2D eigenvalue weighted by atomic mass is 10.6. The Labute approximate surface area is 54.5 Å². The van der Waals surface area contributed by atoms with Gasteiger partial charge in [0.25, 0.3) is 0 Å². The van der Waals surface area contributed by atoms with Crippen molar-refractivity contribution in [1.29, 1.82) is 0 Å². The third kappa shape index (κ3) is 1.16. The summed E-state index contributed by atoms with van der Waals surface area (Å²) < 4.78 is 0.482. The highest BCUT2D eigenvalue weighted by Crippen LogP contribution is 2.05. The van der Waals surface area contributed by atoms with Gasteiger partial charge in [0.1, 0.15) is 0 Å². The Hall–Kier alpha value is -0.640. The van der Waals surface area contributed by atoms with E-state index >= 15 is 0 Å². The Bertz CT molecular complexity index is 153. The van der Waals surface area contributed by atoms with Gasteiger partial charge in [-0.3, -0.25) is 0 Å². The first-order valence-electron chi connectivity index (χ1n) is 1.95. The molecule has 1 heterocycles. The molecule has 0 amide bonds. The molecule has 0 aliphatic carbocycles. The minimum Gasteiger partial charge on any atom is -0.505 e. The maximum Gasteiger partial charge on any atom is 0.196 e. The predicted octanol–water partition coefficient (Wildman–Crippen LogP) is 0.945. The van der Waals surface area contributed by atoms with Crippen LogP contribution in [0.1, 0.15) is 0 Å². The van der Waals surface area contributed by atoms with Gasteiger partial charge in [0.2, 0.25) is 0 Å². The second-order valence-corrected chi connectivity index (χ2v) is 1.92. The van der Waals surface area contributed by atoms with Crippen molar-refractivity contribution in [2.45, 2.75) is 0 Å². The maximum absolute atomic E-state index is 8.61. The van der Waals surface area contributed by atoms with Crippen molar-refractivity contribution >= 4 is 15.9 Å². The number of hydrogen-bond donors (Lipinski definition) is 1. The molecule has 0 spiro atoms. The molecule has 0 aliphatic heterocycles. The highest BCUT2D eigenvalue weighted by molar-refractivity contribution is 9.10. The van der Waals surface area contributed by atoms with Crippen LogP contribution in [0.25, 0.3) is 0 Å². The van der Waals surface area contributed by atoms with Gasteiger partial charge >= 0.3 is 0 Å². The summed E-state index contributed by atoms with van der Waals surface area (Å²) in [5.74, 6) is 0.0770. The van der Waals surface area contributed by atoms with Crippen LogP contribution in [-0.2, 0) is 0 Å². The molecule has 1 N–H and O–H groups in total. The molecule has 0 fully saturated rings. The summed E-state index contributed by atoms with van der Waals surface area (Å²) in [5, 5.41) is 8.61. The zero-order chi connectivity index (χ0) is 5.98. The van der Waals surface area contributed by atoms with E-state index in [9.17, 15) is 0 Å². The Morgan fingerprint density at radius 3 is 2.25 bits per heavy atom. The molecule has 0 bridgehead atoms. The van der Waals surface area contributed by atoms with Crippen LogP contribution in [0.2, 0.25) is 0 Å². The second-order valence-electron chi connectivity index (χ2n) is 1.21. The van der Waals surface area contributed by atoms with E-state index in [0.717, 1.165) is 0 Å². The molecule has 0 radical (unpaired) electrons. The van der Waals surface area contributed by atoms with Crippen molar-refractivity contribution in [3.8, 4) is 5.75 Å². The molecular formula is C4H3BrN2O. The van der Waals surface area contributed by atoms with Crippen LogP contribution < -0.4 is 0 Å². The van der Waals surface area contributed by atoms with Gasteiger partial charge in [-0.05, 0) is 15.9 Å². The highest BCUT2D eigenvalue weighted by atomic mass is 79.9. The molecule has 0 aromatic carbocycles. The van der Waals surface area contributed by atoms with Crippen molar-refractivity contribution in [1.82, 2.24) is 9.97 Å². The number of hydrogen-bond acceptors (Lipinski definition) is 3. The standard InChI is InChI=1S/C4H3BrN2O/c5-4-6-1-3(8)2-7-4/h1-2,8H. The lowest BCUT2D eigenvalue weighted by Gasteiger charge is -1.86. The van der Waals surface area contributed by atoms with Crippen LogP contribution in [0.3, 0.4) is 0 Å². The van der Waals surface area contributed by atoms with Gasteiger partial charge in [-0.1, -0.05) is 0 Å². The highest BCUT2D eigenvalue weighted by Gasteiger charge is 1.86. The number of aromatic hydroxyl groups is 1. The van der Waals surface area contributed by atoms with Crippen LogP contribution in [0.5, 0.6) is 5.75 Å². The number of rotatable bonds is 0. The van der Waals surface area contributed by atoms with Crippen LogP contribution >= 0.6 is 15.9 Å². The van der Waals surface area contributed by atoms with Gasteiger partial charge < -0.3 is 5.11 Å². The number of nitrogens with zero attached hydrogens (tertiary/aromatic N) is 2. The average molecular weight is 175 g/mol. The monoisotopic (exact) mass is 174 g/mol. The molecule has 0 saturated heterocycles. The molecule has 8 heavy (non-hydrogen) atoms. The van der Waals surface area contributed by atoms with Crippen LogP contribution in [-0.4, -0.2) is 15.1 Å². The Morgan fingerprint density at radius 2 is 1.88 bits per heavy atom. The summed E-state index contributed by atoms with van der Waals surface area (Å²) in [4.78, 5) is 7.27. The number of aromatic nitrogens is 2. The molecule has 0 unspecified atom stereocenters. The third-order valence-electron chi connectivity index (χ3n) is 0.607. The van der Waals surface area contributed by atoms with E-state index in [-0.39, 0.29) is 5.75 Å². The van der Waals surface area contributed by atoms with E-state index in [1.54, 1.807) is 0 Å². The summed E-state index contributed by atoms with van der Waals surface area (Å²) >= 11 is 3.01. The normalized spacial score (nSPS) is 9.12. The summed E-state index contributed by atoms with van der Waals surface area (Å²) in [7, 11) is 0. The topological polar surface area (TPSA) is 46.0 Å². The fourth-order valence-electron chi connectivity index (χ4n) is 0.305. The summed E-state index contributed by atoms with van der Waals surface area (Å²) in [5.41, 5.74) is 0. The lowest BCUT2D eigenvalue weighted by molar-refractivity contribution is 0.469. The van der Waals surface area contributed by atoms with Crippen molar-refractivity contribution < 1.29 is 5.11 Å². The zero-order valence-electron chi connectivity index (χ0n) is 3.87. The first kappa shape index (κ1) is 5.50. The Morgan fingerprint density at radius 1 is 1.38 bits per heavy atom. The molecule has 1 rings (SSSR count). The van der Waals surface area contributed by atoms with Gasteiger partial charge in [0.05, 0.1) is 12.4 Å². The SMILES string of the molecule is Oc1cnc(Br)nc1. The van der Waals surface area contributed by atoms with Crippen molar-refractivity contribution in [2.75, 3.05) is 0 Å². The first-order valence-corrected chi connectivity index (χ1v) is 2.75. The lowest BCUT2D eigenvalue weighted by Crippen LogP contribution is -1.77. The second kappa shape index (κ2) is 2.09. The zero-order valence-corrected chi connectivity index (χ0v) is 5.46. The first-order chi connectivity index (χ1) is 3.79. The minimum atomic E-state index is 0.0770. The van der Waals surface area contributed by atoms with Gasteiger partial charge in [-0.2, -0.15) is 0 Å². The predicted molar refractivity (Wildman–Crippen MR) is 31.4 cm³/mol. The van der Waals surface area contributed by atoms with Crippen molar-refractivity contribution in [2.24, 2.45) is 0 Å². The smallest absolute Gasteiger partial charge is 0.196 e. The maximum atomic E-state index is 8.61. The van der Waals surface area contributed by atoms with E-state index in [1.165, 1.54) is 12.4 Å². The molecule has 1 aromatic rings. The van der Waals surface area contributed by atoms with Crippen LogP contribution in [0.15, 0.2) is 17.1 Å². The van der Waals surface area contributed by atoms with Gasteiger partial charge in [-0.15, -0.1) is 0 Å². The molecule has 0 atom stereocenters. The van der Waals surface area contributed by atoms with Gasteiger partial charge in [0, 0.05) is 0 Å². The quantitative estimate of drug-likeness (QED) is 0.597. The van der Waals surface area contributed by atoms with E-state index in [2.05, 4.69) is 25.9 Å². The Kier molecular flexibility index (Phi) is 1.43. The molecule has 0 saturated carbocycles. The van der Waals surface area contributed by atoms with Crippen molar-refractivity contribution in [3.05, 3.63) is 17.1 Å². The largest absolute Gasteiger partial charge is 0.505 e. The summed E-state index contributed by atoms with van der Waals surface area (Å²) in [6.07, 6.45) is 2.63. The van der Waals surface area contributed by atoms with E-state index in [1.807, 2.05) is 0 Å². The minimum absolute atomic E-state index is 0.0770. The molecule has 1 aromatic heterocycles. The van der Waals surface area contributed by atoms with E-state index in [4.69, 9.17) is 5.11 Å². The number of halogens is 1. The van der Waals surface area contributed by atoms with Gasteiger partial charge in [-0.25, -0.2) is 9.97 Å². The van der Waals surface area contributed by atoms with Crippen LogP contribution in [0, 0.1) is 0 Å². The molecule has 3 nitrogen and oxygen atoms in total. The van der Waals surface area contributed by atoms with E-state index in [0.29, 0.717) is 4.73 Å². The third-order valence-corrected chi connectivity index (χ3v) is 1.02. The summed E-state index contributed by atoms with van der Waals surface area (Å²) in [6.45, 7) is 0.